The van der Waals surface area contributed by atoms with Crippen molar-refractivity contribution in [2.45, 2.75) is 26.1 Å². The lowest BCUT2D eigenvalue weighted by molar-refractivity contribution is 0.975. The Balaban J connectivity index is 2.17. The van der Waals surface area contributed by atoms with Gasteiger partial charge < -0.3 is 0 Å². The summed E-state index contributed by atoms with van der Waals surface area (Å²) in [6, 6.07) is 6.50. The molecule has 0 bridgehead atoms. The Hall–Kier alpha value is -0.930. The van der Waals surface area contributed by atoms with Crippen LogP contribution in [-0.2, 0) is 12.3 Å². The molecule has 0 fully saturated rings. The smallest absolute Gasteiger partial charge is 0.132 e. The largest absolute Gasteiger partial charge is 0.143 e. The number of halogens is 1. The fraction of sp³-hybridized carbons (Fsp3) is 0.333. The Morgan fingerprint density at radius 3 is 2.50 bits per heavy atom. The normalized spacial score (nSPS) is 10.7. The average Bonchev–Trinajstić information content (AvgIpc) is 2.71. The van der Waals surface area contributed by atoms with Gasteiger partial charge in [-0.3, -0.25) is 0 Å². The van der Waals surface area contributed by atoms with E-state index in [1.165, 1.54) is 16.7 Å². The van der Waals surface area contributed by atoms with Crippen molar-refractivity contribution in [3.8, 4) is 0 Å². The molecule has 0 radical (unpaired) electrons. The van der Waals surface area contributed by atoms with Crippen molar-refractivity contribution in [2.75, 3.05) is 0 Å². The van der Waals surface area contributed by atoms with Crippen molar-refractivity contribution in [3.63, 3.8) is 0 Å². The molecule has 0 spiro atoms. The van der Waals surface area contributed by atoms with Gasteiger partial charge >= 0.3 is 0 Å². The molecule has 0 aliphatic heterocycles. The SMILES string of the molecule is Cc1ccc(Cc2nnc(CCl)s2)cc1C. The lowest BCUT2D eigenvalue weighted by atomic mass is 10.0. The van der Waals surface area contributed by atoms with E-state index >= 15 is 0 Å². The number of rotatable bonds is 3. The Labute approximate surface area is 104 Å². The van der Waals surface area contributed by atoms with E-state index in [-0.39, 0.29) is 0 Å². The zero-order valence-electron chi connectivity index (χ0n) is 9.33. The Morgan fingerprint density at radius 2 is 1.88 bits per heavy atom. The van der Waals surface area contributed by atoms with Crippen LogP contribution in [0, 0.1) is 13.8 Å². The molecular weight excluding hydrogens is 240 g/mol. The molecule has 16 heavy (non-hydrogen) atoms. The van der Waals surface area contributed by atoms with E-state index < -0.39 is 0 Å². The molecule has 4 heteroatoms. The second kappa shape index (κ2) is 4.93. The monoisotopic (exact) mass is 252 g/mol. The Bertz CT molecular complexity index is 494. The zero-order chi connectivity index (χ0) is 11.5. The molecule has 0 N–H and O–H groups in total. The minimum Gasteiger partial charge on any atom is -0.143 e. The molecule has 2 nitrogen and oxygen atoms in total. The summed E-state index contributed by atoms with van der Waals surface area (Å²) in [5.41, 5.74) is 3.92. The van der Waals surface area contributed by atoms with Gasteiger partial charge in [0.1, 0.15) is 10.0 Å². The van der Waals surface area contributed by atoms with Crippen molar-refractivity contribution < 1.29 is 0 Å². The molecule has 1 aromatic heterocycles. The maximum absolute atomic E-state index is 5.70. The summed E-state index contributed by atoms with van der Waals surface area (Å²) in [7, 11) is 0. The van der Waals surface area contributed by atoms with E-state index in [1.54, 1.807) is 11.3 Å². The zero-order valence-corrected chi connectivity index (χ0v) is 10.9. The van der Waals surface area contributed by atoms with E-state index in [2.05, 4.69) is 42.2 Å². The number of benzene rings is 1. The van der Waals surface area contributed by atoms with E-state index in [9.17, 15) is 0 Å². The number of hydrogen-bond acceptors (Lipinski definition) is 3. The van der Waals surface area contributed by atoms with Gasteiger partial charge in [-0.1, -0.05) is 29.5 Å². The molecule has 1 heterocycles. The lowest BCUT2D eigenvalue weighted by Crippen LogP contribution is -1.90. The number of aryl methyl sites for hydroxylation is 2. The Morgan fingerprint density at radius 1 is 1.12 bits per heavy atom. The fourth-order valence-electron chi connectivity index (χ4n) is 1.50. The van der Waals surface area contributed by atoms with Gasteiger partial charge in [0.15, 0.2) is 0 Å². The third kappa shape index (κ3) is 2.60. The van der Waals surface area contributed by atoms with Crippen molar-refractivity contribution >= 4 is 22.9 Å². The molecule has 0 atom stereocenters. The average molecular weight is 253 g/mol. The minimum atomic E-state index is 0.449. The molecule has 2 aromatic rings. The fourth-order valence-corrected chi connectivity index (χ4v) is 2.45. The highest BCUT2D eigenvalue weighted by molar-refractivity contribution is 7.11. The highest BCUT2D eigenvalue weighted by Gasteiger charge is 2.04. The molecule has 1 aromatic carbocycles. The van der Waals surface area contributed by atoms with Crippen molar-refractivity contribution in [1.82, 2.24) is 10.2 Å². The van der Waals surface area contributed by atoms with Crippen molar-refractivity contribution in [2.24, 2.45) is 0 Å². The summed E-state index contributed by atoms with van der Waals surface area (Å²) < 4.78 is 0. The summed E-state index contributed by atoms with van der Waals surface area (Å²) in [4.78, 5) is 0. The molecule has 0 saturated carbocycles. The molecular formula is C12H13ClN2S. The number of aromatic nitrogens is 2. The van der Waals surface area contributed by atoms with Crippen LogP contribution in [-0.4, -0.2) is 10.2 Å². The van der Waals surface area contributed by atoms with E-state index in [4.69, 9.17) is 11.6 Å². The molecule has 2 rings (SSSR count). The first-order valence-corrected chi connectivity index (χ1v) is 6.47. The number of nitrogens with zero attached hydrogens (tertiary/aromatic N) is 2. The van der Waals surface area contributed by atoms with Gasteiger partial charge in [-0.15, -0.1) is 21.8 Å². The van der Waals surface area contributed by atoms with Gasteiger partial charge in [-0.2, -0.15) is 0 Å². The first kappa shape index (κ1) is 11.6. The number of alkyl halides is 1. The predicted molar refractivity (Wildman–Crippen MR) is 68.2 cm³/mol. The van der Waals surface area contributed by atoms with Crippen LogP contribution in [0.4, 0.5) is 0 Å². The van der Waals surface area contributed by atoms with Crippen LogP contribution in [0.5, 0.6) is 0 Å². The first-order chi connectivity index (χ1) is 7.69. The second-order valence-electron chi connectivity index (χ2n) is 3.82. The van der Waals surface area contributed by atoms with Crippen LogP contribution in [0.15, 0.2) is 18.2 Å². The molecule has 0 unspecified atom stereocenters. The van der Waals surface area contributed by atoms with Crippen LogP contribution in [0.25, 0.3) is 0 Å². The van der Waals surface area contributed by atoms with Crippen LogP contribution in [0.2, 0.25) is 0 Å². The maximum atomic E-state index is 5.70. The summed E-state index contributed by atoms with van der Waals surface area (Å²) >= 11 is 7.28. The molecule has 0 aliphatic carbocycles. The first-order valence-electron chi connectivity index (χ1n) is 5.12. The molecule has 0 aliphatic rings. The molecule has 0 amide bonds. The third-order valence-electron chi connectivity index (χ3n) is 2.55. The summed E-state index contributed by atoms with van der Waals surface area (Å²) in [5.74, 6) is 0.449. The standard InChI is InChI=1S/C12H13ClN2S/c1-8-3-4-10(5-9(8)2)6-11-14-15-12(7-13)16-11/h3-5H,6-7H2,1-2H3. The quantitative estimate of drug-likeness (QED) is 0.782. The van der Waals surface area contributed by atoms with Gasteiger partial charge in [-0.25, -0.2) is 0 Å². The maximum Gasteiger partial charge on any atom is 0.132 e. The van der Waals surface area contributed by atoms with Crippen LogP contribution in [0.3, 0.4) is 0 Å². The summed E-state index contributed by atoms with van der Waals surface area (Å²) in [6.07, 6.45) is 0.843. The van der Waals surface area contributed by atoms with Gasteiger partial charge in [0.25, 0.3) is 0 Å². The molecule has 84 valence electrons. The van der Waals surface area contributed by atoms with Crippen LogP contribution >= 0.6 is 22.9 Å². The second-order valence-corrected chi connectivity index (χ2v) is 5.23. The lowest BCUT2D eigenvalue weighted by Gasteiger charge is -2.02. The van der Waals surface area contributed by atoms with Crippen LogP contribution in [0.1, 0.15) is 26.7 Å². The third-order valence-corrected chi connectivity index (χ3v) is 3.88. The highest BCUT2D eigenvalue weighted by Crippen LogP contribution is 2.17. The van der Waals surface area contributed by atoms with E-state index in [0.717, 1.165) is 16.4 Å². The predicted octanol–water partition coefficient (Wildman–Crippen LogP) is 3.48. The minimum absolute atomic E-state index is 0.449. The van der Waals surface area contributed by atoms with Crippen molar-refractivity contribution in [3.05, 3.63) is 44.9 Å². The van der Waals surface area contributed by atoms with E-state index in [0.29, 0.717) is 5.88 Å². The summed E-state index contributed by atoms with van der Waals surface area (Å²) in [5, 5.41) is 10.0. The topological polar surface area (TPSA) is 25.8 Å². The van der Waals surface area contributed by atoms with Gasteiger partial charge in [-0.05, 0) is 30.5 Å². The summed E-state index contributed by atoms with van der Waals surface area (Å²) in [6.45, 7) is 4.25. The number of hydrogen-bond donors (Lipinski definition) is 0. The van der Waals surface area contributed by atoms with Crippen molar-refractivity contribution in [1.29, 1.82) is 0 Å². The highest BCUT2D eigenvalue weighted by atomic mass is 35.5. The van der Waals surface area contributed by atoms with Crippen LogP contribution < -0.4 is 0 Å². The van der Waals surface area contributed by atoms with Gasteiger partial charge in [0.2, 0.25) is 0 Å². The van der Waals surface area contributed by atoms with Gasteiger partial charge in [0.05, 0.1) is 5.88 Å². The van der Waals surface area contributed by atoms with E-state index in [1.807, 2.05) is 0 Å². The van der Waals surface area contributed by atoms with Gasteiger partial charge in [0, 0.05) is 6.42 Å². The molecule has 0 saturated heterocycles. The Kier molecular flexibility index (Phi) is 3.56.